The number of anilines is 1. The minimum atomic E-state index is -3.35. The van der Waals surface area contributed by atoms with Gasteiger partial charge in [0.2, 0.25) is 5.91 Å². The molecule has 1 rings (SSSR count). The maximum Gasteiger partial charge on any atom is 0.225 e. The monoisotopic (exact) mass is 270 g/mol. The molecule has 0 aliphatic rings. The SMILES string of the molecule is CCS(=O)(=O)c1ccccc1NC(=O)CC(C)N. The summed E-state index contributed by atoms with van der Waals surface area (Å²) in [6.45, 7) is 3.28. The summed E-state index contributed by atoms with van der Waals surface area (Å²) in [5.74, 6) is -0.295. The van der Waals surface area contributed by atoms with Crippen LogP contribution in [0.1, 0.15) is 20.3 Å². The van der Waals surface area contributed by atoms with Crippen LogP contribution < -0.4 is 11.1 Å². The minimum absolute atomic E-state index is 0.00677. The molecule has 1 atom stereocenters. The van der Waals surface area contributed by atoms with E-state index < -0.39 is 9.84 Å². The Kier molecular flexibility index (Phi) is 4.86. The zero-order valence-electron chi connectivity index (χ0n) is 10.5. The second kappa shape index (κ2) is 5.97. The quantitative estimate of drug-likeness (QED) is 0.840. The van der Waals surface area contributed by atoms with Crippen molar-refractivity contribution >= 4 is 21.4 Å². The van der Waals surface area contributed by atoms with Crippen LogP contribution in [0.15, 0.2) is 29.2 Å². The van der Waals surface area contributed by atoms with Crippen LogP contribution in [0.5, 0.6) is 0 Å². The zero-order valence-corrected chi connectivity index (χ0v) is 11.3. The summed E-state index contributed by atoms with van der Waals surface area (Å²) in [7, 11) is -3.35. The van der Waals surface area contributed by atoms with Crippen molar-refractivity contribution < 1.29 is 13.2 Å². The number of rotatable bonds is 5. The average molecular weight is 270 g/mol. The Hall–Kier alpha value is -1.40. The van der Waals surface area contributed by atoms with Gasteiger partial charge in [0.1, 0.15) is 0 Å². The summed E-state index contributed by atoms with van der Waals surface area (Å²) in [6, 6.07) is 6.10. The molecular weight excluding hydrogens is 252 g/mol. The Balaban J connectivity index is 3.01. The summed E-state index contributed by atoms with van der Waals surface area (Å²) in [6.07, 6.45) is 0.153. The summed E-state index contributed by atoms with van der Waals surface area (Å²) in [5, 5.41) is 2.58. The summed E-state index contributed by atoms with van der Waals surface area (Å²) in [4.78, 5) is 11.7. The molecule has 1 aromatic rings. The molecule has 0 spiro atoms. The molecule has 0 saturated carbocycles. The molecule has 0 aromatic heterocycles. The molecule has 0 bridgehead atoms. The van der Waals surface area contributed by atoms with Crippen molar-refractivity contribution in [1.29, 1.82) is 0 Å². The topological polar surface area (TPSA) is 89.3 Å². The van der Waals surface area contributed by atoms with Gasteiger partial charge in [0.25, 0.3) is 0 Å². The first-order valence-electron chi connectivity index (χ1n) is 5.74. The van der Waals surface area contributed by atoms with Crippen molar-refractivity contribution in [2.45, 2.75) is 31.2 Å². The third-order valence-corrected chi connectivity index (χ3v) is 4.17. The van der Waals surface area contributed by atoms with Gasteiger partial charge in [0, 0.05) is 12.5 Å². The van der Waals surface area contributed by atoms with Gasteiger partial charge in [-0.05, 0) is 19.1 Å². The number of carbonyl (C=O) groups is 1. The van der Waals surface area contributed by atoms with E-state index in [2.05, 4.69) is 5.32 Å². The summed E-state index contributed by atoms with van der Waals surface area (Å²) >= 11 is 0. The van der Waals surface area contributed by atoms with Crippen molar-refractivity contribution in [3.8, 4) is 0 Å². The van der Waals surface area contributed by atoms with Crippen LogP contribution in [-0.4, -0.2) is 26.1 Å². The molecule has 1 aromatic carbocycles. The third kappa shape index (κ3) is 3.82. The Morgan fingerprint density at radius 3 is 2.56 bits per heavy atom. The first-order valence-corrected chi connectivity index (χ1v) is 7.39. The number of nitrogens with one attached hydrogen (secondary N) is 1. The highest BCUT2D eigenvalue weighted by Crippen LogP contribution is 2.22. The van der Waals surface area contributed by atoms with Crippen molar-refractivity contribution in [3.05, 3.63) is 24.3 Å². The Bertz CT molecular complexity index is 524. The second-order valence-corrected chi connectivity index (χ2v) is 6.38. The molecule has 3 N–H and O–H groups in total. The van der Waals surface area contributed by atoms with E-state index in [0.29, 0.717) is 5.69 Å². The van der Waals surface area contributed by atoms with Gasteiger partial charge in [-0.25, -0.2) is 8.42 Å². The molecule has 100 valence electrons. The van der Waals surface area contributed by atoms with Gasteiger partial charge in [0.05, 0.1) is 16.3 Å². The molecule has 0 radical (unpaired) electrons. The zero-order chi connectivity index (χ0) is 13.8. The maximum absolute atomic E-state index is 11.8. The van der Waals surface area contributed by atoms with E-state index in [1.54, 1.807) is 32.0 Å². The van der Waals surface area contributed by atoms with Crippen LogP contribution in [0.25, 0.3) is 0 Å². The first kappa shape index (κ1) is 14.7. The molecule has 1 amide bonds. The van der Waals surface area contributed by atoms with Gasteiger partial charge in [0.15, 0.2) is 9.84 Å². The third-order valence-electron chi connectivity index (χ3n) is 2.38. The van der Waals surface area contributed by atoms with Gasteiger partial charge in [-0.3, -0.25) is 4.79 Å². The van der Waals surface area contributed by atoms with E-state index in [0.717, 1.165) is 0 Å². The molecule has 18 heavy (non-hydrogen) atoms. The lowest BCUT2D eigenvalue weighted by Crippen LogP contribution is -2.24. The van der Waals surface area contributed by atoms with E-state index in [1.807, 2.05) is 0 Å². The summed E-state index contributed by atoms with van der Waals surface area (Å²) < 4.78 is 23.7. The largest absolute Gasteiger partial charge is 0.327 e. The van der Waals surface area contributed by atoms with E-state index in [1.165, 1.54) is 6.07 Å². The van der Waals surface area contributed by atoms with E-state index >= 15 is 0 Å². The molecule has 0 fully saturated rings. The molecule has 6 heteroatoms. The maximum atomic E-state index is 11.8. The molecule has 5 nitrogen and oxygen atoms in total. The Morgan fingerprint density at radius 1 is 1.39 bits per heavy atom. The van der Waals surface area contributed by atoms with Gasteiger partial charge in [-0.2, -0.15) is 0 Å². The van der Waals surface area contributed by atoms with E-state index in [-0.39, 0.29) is 29.0 Å². The fourth-order valence-corrected chi connectivity index (χ4v) is 2.54. The molecule has 1 unspecified atom stereocenters. The van der Waals surface area contributed by atoms with Gasteiger partial charge < -0.3 is 11.1 Å². The number of sulfone groups is 1. The van der Waals surface area contributed by atoms with Gasteiger partial charge in [-0.15, -0.1) is 0 Å². The number of hydrogen-bond donors (Lipinski definition) is 2. The number of amides is 1. The first-order chi connectivity index (χ1) is 8.36. The average Bonchev–Trinajstić information content (AvgIpc) is 2.28. The molecule has 0 heterocycles. The number of nitrogens with two attached hydrogens (primary N) is 1. The summed E-state index contributed by atoms with van der Waals surface area (Å²) in [5.41, 5.74) is 5.83. The minimum Gasteiger partial charge on any atom is -0.327 e. The number of para-hydroxylation sites is 1. The van der Waals surface area contributed by atoms with E-state index in [4.69, 9.17) is 5.73 Å². The Labute approximate surface area is 107 Å². The standard InChI is InChI=1S/C12H18N2O3S/c1-3-18(16,17)11-7-5-4-6-10(11)14-12(15)8-9(2)13/h4-7,9H,3,8,13H2,1-2H3,(H,14,15). The second-order valence-electron chi connectivity index (χ2n) is 4.13. The molecule has 0 saturated heterocycles. The number of carbonyl (C=O) groups excluding carboxylic acids is 1. The van der Waals surface area contributed by atoms with Crippen LogP contribution in [0.2, 0.25) is 0 Å². The lowest BCUT2D eigenvalue weighted by atomic mass is 10.2. The molecule has 0 aliphatic heterocycles. The highest BCUT2D eigenvalue weighted by atomic mass is 32.2. The lowest BCUT2D eigenvalue weighted by Gasteiger charge is -2.11. The fourth-order valence-electron chi connectivity index (χ4n) is 1.49. The fraction of sp³-hybridized carbons (Fsp3) is 0.417. The predicted molar refractivity (Wildman–Crippen MR) is 71.1 cm³/mol. The van der Waals surface area contributed by atoms with Crippen molar-refractivity contribution in [1.82, 2.24) is 0 Å². The Morgan fingerprint density at radius 2 is 2.00 bits per heavy atom. The number of hydrogen-bond acceptors (Lipinski definition) is 4. The van der Waals surface area contributed by atoms with E-state index in [9.17, 15) is 13.2 Å². The van der Waals surface area contributed by atoms with Crippen molar-refractivity contribution in [3.63, 3.8) is 0 Å². The van der Waals surface area contributed by atoms with Crippen LogP contribution in [-0.2, 0) is 14.6 Å². The predicted octanol–water partition coefficient (Wildman–Crippen LogP) is 1.16. The highest BCUT2D eigenvalue weighted by molar-refractivity contribution is 7.91. The van der Waals surface area contributed by atoms with Crippen molar-refractivity contribution in [2.75, 3.05) is 11.1 Å². The number of benzene rings is 1. The van der Waals surface area contributed by atoms with Gasteiger partial charge in [-0.1, -0.05) is 19.1 Å². The smallest absolute Gasteiger partial charge is 0.225 e. The normalized spacial score (nSPS) is 13.1. The van der Waals surface area contributed by atoms with Crippen LogP contribution in [0, 0.1) is 0 Å². The van der Waals surface area contributed by atoms with Crippen LogP contribution in [0.4, 0.5) is 5.69 Å². The van der Waals surface area contributed by atoms with Crippen molar-refractivity contribution in [2.24, 2.45) is 5.73 Å². The highest BCUT2D eigenvalue weighted by Gasteiger charge is 2.17. The lowest BCUT2D eigenvalue weighted by molar-refractivity contribution is -0.116. The van der Waals surface area contributed by atoms with Crippen LogP contribution in [0.3, 0.4) is 0 Å². The molecular formula is C12H18N2O3S. The van der Waals surface area contributed by atoms with Crippen LogP contribution >= 0.6 is 0 Å². The van der Waals surface area contributed by atoms with Gasteiger partial charge >= 0.3 is 0 Å². The molecule has 0 aliphatic carbocycles.